The van der Waals surface area contributed by atoms with Crippen LogP contribution < -0.4 is 10.8 Å². The molecule has 3 rings (SSSR count). The van der Waals surface area contributed by atoms with E-state index in [-0.39, 0.29) is 0 Å². The lowest BCUT2D eigenvalue weighted by Gasteiger charge is -2.10. The third-order valence-corrected chi connectivity index (χ3v) is 4.00. The van der Waals surface area contributed by atoms with E-state index in [1.807, 2.05) is 35.8 Å². The summed E-state index contributed by atoms with van der Waals surface area (Å²) >= 11 is 0. The van der Waals surface area contributed by atoms with Crippen molar-refractivity contribution in [3.8, 4) is 0 Å². The van der Waals surface area contributed by atoms with Crippen LogP contribution in [0.5, 0.6) is 0 Å². The Bertz CT molecular complexity index is 1030. The molecule has 2 aromatic carbocycles. The van der Waals surface area contributed by atoms with Crippen LogP contribution in [-0.4, -0.2) is 25.6 Å². The van der Waals surface area contributed by atoms with Crippen molar-refractivity contribution in [2.45, 2.75) is 6.54 Å². The Morgan fingerprint density at radius 1 is 1.08 bits per heavy atom. The number of nitrogens with one attached hydrogen (secondary N) is 2. The van der Waals surface area contributed by atoms with Gasteiger partial charge in [0, 0.05) is 23.7 Å². The maximum atomic E-state index is 11.8. The number of carbonyl (C=O) groups excluding carboxylic acids is 1. The van der Waals surface area contributed by atoms with Gasteiger partial charge in [-0.05, 0) is 29.8 Å². The SMILES string of the molecule is CS(=O)(=O)ONC(=O)c1ccc(CNc2cccc3cccnc23)cc1. The summed E-state index contributed by atoms with van der Waals surface area (Å²) < 4.78 is 26.0. The Balaban J connectivity index is 1.65. The molecule has 0 radical (unpaired) electrons. The largest absolute Gasteiger partial charge is 0.379 e. The fourth-order valence-corrected chi connectivity index (χ4v) is 2.62. The topological polar surface area (TPSA) is 97.4 Å². The summed E-state index contributed by atoms with van der Waals surface area (Å²) in [6.45, 7) is 0.553. The number of benzene rings is 2. The van der Waals surface area contributed by atoms with Crippen LogP contribution in [0.2, 0.25) is 0 Å². The normalized spacial score (nSPS) is 11.3. The van der Waals surface area contributed by atoms with Crippen molar-refractivity contribution in [2.24, 2.45) is 0 Å². The van der Waals surface area contributed by atoms with E-state index in [1.54, 1.807) is 30.5 Å². The molecule has 0 aliphatic carbocycles. The van der Waals surface area contributed by atoms with Crippen molar-refractivity contribution < 1.29 is 17.5 Å². The second-order valence-electron chi connectivity index (χ2n) is 5.65. The van der Waals surface area contributed by atoms with Crippen LogP contribution in [-0.2, 0) is 20.9 Å². The Labute approximate surface area is 151 Å². The molecule has 134 valence electrons. The molecule has 0 aliphatic rings. The van der Waals surface area contributed by atoms with Crippen LogP contribution in [0.4, 0.5) is 5.69 Å². The molecule has 0 unspecified atom stereocenters. The highest BCUT2D eigenvalue weighted by Gasteiger charge is 2.09. The fraction of sp³-hybridized carbons (Fsp3) is 0.111. The molecule has 0 spiro atoms. The molecule has 8 heteroatoms. The molecule has 0 bridgehead atoms. The lowest BCUT2D eigenvalue weighted by molar-refractivity contribution is 0.0772. The molecule has 3 aromatic rings. The van der Waals surface area contributed by atoms with Gasteiger partial charge in [-0.2, -0.15) is 8.42 Å². The van der Waals surface area contributed by atoms with E-state index in [2.05, 4.69) is 14.6 Å². The van der Waals surface area contributed by atoms with Crippen molar-refractivity contribution in [1.82, 2.24) is 10.5 Å². The molecule has 0 saturated heterocycles. The molecule has 7 nitrogen and oxygen atoms in total. The summed E-state index contributed by atoms with van der Waals surface area (Å²) in [4.78, 5) is 16.2. The zero-order chi connectivity index (χ0) is 18.6. The zero-order valence-corrected chi connectivity index (χ0v) is 14.8. The first-order chi connectivity index (χ1) is 12.4. The van der Waals surface area contributed by atoms with Gasteiger partial charge in [0.05, 0.1) is 17.5 Å². The van der Waals surface area contributed by atoms with Gasteiger partial charge in [-0.1, -0.05) is 30.3 Å². The zero-order valence-electron chi connectivity index (χ0n) is 14.0. The molecule has 0 atom stereocenters. The smallest absolute Gasteiger partial charge is 0.285 e. The number of hydroxylamine groups is 1. The number of anilines is 1. The second-order valence-corrected chi connectivity index (χ2v) is 7.22. The number of hydrogen-bond donors (Lipinski definition) is 2. The van der Waals surface area contributed by atoms with Crippen LogP contribution in [0.3, 0.4) is 0 Å². The minimum atomic E-state index is -3.74. The van der Waals surface area contributed by atoms with Crippen LogP contribution >= 0.6 is 0 Å². The second kappa shape index (κ2) is 7.51. The summed E-state index contributed by atoms with van der Waals surface area (Å²) in [5, 5.41) is 4.38. The Hall–Kier alpha value is -2.97. The maximum absolute atomic E-state index is 11.8. The van der Waals surface area contributed by atoms with E-state index in [1.165, 1.54) is 0 Å². The van der Waals surface area contributed by atoms with Gasteiger partial charge in [0.2, 0.25) is 0 Å². The van der Waals surface area contributed by atoms with Gasteiger partial charge >= 0.3 is 0 Å². The van der Waals surface area contributed by atoms with Crippen molar-refractivity contribution in [3.63, 3.8) is 0 Å². The van der Waals surface area contributed by atoms with Gasteiger partial charge in [0.25, 0.3) is 16.0 Å². The predicted octanol–water partition coefficient (Wildman–Crippen LogP) is 2.47. The van der Waals surface area contributed by atoms with Crippen molar-refractivity contribution >= 4 is 32.6 Å². The standard InChI is InChI=1S/C18H17N3O4S/c1-26(23,24)25-21-18(22)15-9-7-13(8-10-15)12-20-16-6-2-4-14-5-3-11-19-17(14)16/h2-11,20H,12H2,1H3,(H,21,22). The lowest BCUT2D eigenvalue weighted by atomic mass is 10.1. The number of pyridine rings is 1. The van der Waals surface area contributed by atoms with Gasteiger partial charge in [-0.15, -0.1) is 4.28 Å². The molecule has 26 heavy (non-hydrogen) atoms. The predicted molar refractivity (Wildman–Crippen MR) is 98.9 cm³/mol. The van der Waals surface area contributed by atoms with Gasteiger partial charge in [-0.25, -0.2) is 5.48 Å². The van der Waals surface area contributed by atoms with Crippen molar-refractivity contribution in [3.05, 3.63) is 71.9 Å². The molecule has 0 saturated carbocycles. The van der Waals surface area contributed by atoms with E-state index in [9.17, 15) is 13.2 Å². The Morgan fingerprint density at radius 3 is 2.54 bits per heavy atom. The number of para-hydroxylation sites is 1. The quantitative estimate of drug-likeness (QED) is 0.646. The van der Waals surface area contributed by atoms with E-state index in [4.69, 9.17) is 0 Å². The van der Waals surface area contributed by atoms with Crippen LogP contribution in [0.25, 0.3) is 10.9 Å². The molecule has 1 amide bonds. The number of hydrogen-bond acceptors (Lipinski definition) is 6. The van der Waals surface area contributed by atoms with Crippen LogP contribution in [0.1, 0.15) is 15.9 Å². The third-order valence-electron chi connectivity index (χ3n) is 3.62. The lowest BCUT2D eigenvalue weighted by Crippen LogP contribution is -2.26. The Kier molecular flexibility index (Phi) is 5.15. The van der Waals surface area contributed by atoms with Crippen LogP contribution in [0, 0.1) is 0 Å². The molecule has 1 aromatic heterocycles. The minimum Gasteiger partial charge on any atom is -0.379 e. The van der Waals surface area contributed by atoms with E-state index in [0.717, 1.165) is 28.4 Å². The molecule has 2 N–H and O–H groups in total. The fourth-order valence-electron chi connectivity index (χ4n) is 2.39. The summed E-state index contributed by atoms with van der Waals surface area (Å²) in [5.74, 6) is -0.631. The first-order valence-electron chi connectivity index (χ1n) is 7.78. The molecular formula is C18H17N3O4S. The van der Waals surface area contributed by atoms with Crippen molar-refractivity contribution in [1.29, 1.82) is 0 Å². The van der Waals surface area contributed by atoms with E-state index < -0.39 is 16.0 Å². The maximum Gasteiger partial charge on any atom is 0.285 e. The number of nitrogens with zero attached hydrogens (tertiary/aromatic N) is 1. The third kappa shape index (κ3) is 4.56. The molecule has 0 aliphatic heterocycles. The van der Waals surface area contributed by atoms with E-state index in [0.29, 0.717) is 12.1 Å². The average molecular weight is 371 g/mol. The minimum absolute atomic E-state index is 0.296. The van der Waals surface area contributed by atoms with E-state index >= 15 is 0 Å². The number of rotatable bonds is 6. The molecular weight excluding hydrogens is 354 g/mol. The highest BCUT2D eigenvalue weighted by atomic mass is 32.2. The highest BCUT2D eigenvalue weighted by molar-refractivity contribution is 7.85. The molecule has 0 fully saturated rings. The van der Waals surface area contributed by atoms with Crippen LogP contribution in [0.15, 0.2) is 60.8 Å². The Morgan fingerprint density at radius 2 is 1.81 bits per heavy atom. The van der Waals surface area contributed by atoms with Gasteiger partial charge < -0.3 is 5.32 Å². The van der Waals surface area contributed by atoms with Crippen molar-refractivity contribution in [2.75, 3.05) is 11.6 Å². The number of fused-ring (bicyclic) bond motifs is 1. The summed E-state index contributed by atoms with van der Waals surface area (Å²) in [6.07, 6.45) is 2.60. The summed E-state index contributed by atoms with van der Waals surface area (Å²) in [7, 11) is -3.74. The average Bonchev–Trinajstić information content (AvgIpc) is 2.64. The monoisotopic (exact) mass is 371 g/mol. The molecule has 1 heterocycles. The van der Waals surface area contributed by atoms with Gasteiger partial charge in [0.15, 0.2) is 0 Å². The van der Waals surface area contributed by atoms with Gasteiger partial charge in [0.1, 0.15) is 0 Å². The number of aromatic nitrogens is 1. The number of amides is 1. The summed E-state index contributed by atoms with van der Waals surface area (Å²) in [5.41, 5.74) is 4.95. The van der Waals surface area contributed by atoms with Gasteiger partial charge in [-0.3, -0.25) is 9.78 Å². The first kappa shape index (κ1) is 17.8. The first-order valence-corrected chi connectivity index (χ1v) is 9.59. The summed E-state index contributed by atoms with van der Waals surface area (Å²) in [6, 6.07) is 16.6. The number of carbonyl (C=O) groups is 1. The highest BCUT2D eigenvalue weighted by Crippen LogP contribution is 2.21.